The zero-order valence-corrected chi connectivity index (χ0v) is 41.0. The van der Waals surface area contributed by atoms with Crippen LogP contribution in [0.5, 0.6) is 0 Å². The van der Waals surface area contributed by atoms with Crippen LogP contribution in [0.15, 0.2) is 24.3 Å². The molecular weight excluding hydrogens is 779 g/mol. The Morgan fingerprint density at radius 3 is 1.19 bits per heavy atom. The summed E-state index contributed by atoms with van der Waals surface area (Å²) in [6.07, 6.45) is 39.7. The van der Waals surface area contributed by atoms with Crippen molar-refractivity contribution in [2.45, 2.75) is 234 Å². The van der Waals surface area contributed by atoms with Gasteiger partial charge < -0.3 is 23.8 Å². The number of hydrogen-bond donors (Lipinski definition) is 0. The number of rotatable bonds is 46. The molecule has 0 spiro atoms. The van der Waals surface area contributed by atoms with Crippen LogP contribution < -0.4 is 0 Å². The van der Waals surface area contributed by atoms with Gasteiger partial charge in [-0.15, -0.1) is 0 Å². The summed E-state index contributed by atoms with van der Waals surface area (Å²) in [6.45, 7) is 14.6. The fourth-order valence-corrected chi connectivity index (χ4v) is 7.41. The summed E-state index contributed by atoms with van der Waals surface area (Å²) in [4.78, 5) is 52.5. The van der Waals surface area contributed by atoms with Crippen molar-refractivity contribution >= 4 is 23.9 Å². The van der Waals surface area contributed by atoms with Crippen molar-refractivity contribution in [1.29, 1.82) is 0 Å². The fourth-order valence-electron chi connectivity index (χ4n) is 7.41. The second kappa shape index (κ2) is 46.3. The second-order valence-electron chi connectivity index (χ2n) is 17.5. The van der Waals surface area contributed by atoms with Gasteiger partial charge in [-0.1, -0.05) is 155 Å². The number of carbonyl (C=O) groups is 4. The van der Waals surface area contributed by atoms with Crippen LogP contribution >= 0.6 is 0 Å². The maximum absolute atomic E-state index is 12.6. The van der Waals surface area contributed by atoms with Crippen LogP contribution in [0.3, 0.4) is 0 Å². The minimum absolute atomic E-state index is 0.0410. The SMILES string of the molecule is CCCCC/C=C\C/C=C\CCCCCCCC(=O)OCC(COC(=O)CCCCCCCCC(=O)OCC(CCCC)CCCCCC)COC(=O)CCCCN(CC)CC. The van der Waals surface area contributed by atoms with Gasteiger partial charge in [0.25, 0.3) is 0 Å². The van der Waals surface area contributed by atoms with Gasteiger partial charge in [-0.25, -0.2) is 0 Å². The van der Waals surface area contributed by atoms with E-state index in [1.54, 1.807) is 0 Å². The van der Waals surface area contributed by atoms with Crippen molar-refractivity contribution in [3.63, 3.8) is 0 Å². The Hall–Kier alpha value is -2.68. The maximum atomic E-state index is 12.6. The highest BCUT2D eigenvalue weighted by Crippen LogP contribution is 2.19. The Morgan fingerprint density at radius 2 is 0.742 bits per heavy atom. The first-order chi connectivity index (χ1) is 30.3. The molecule has 2 atom stereocenters. The summed E-state index contributed by atoms with van der Waals surface area (Å²) in [5.74, 6) is -0.837. The number of allylic oxidation sites excluding steroid dienone is 4. The van der Waals surface area contributed by atoms with Crippen LogP contribution in [0.2, 0.25) is 0 Å². The third-order valence-electron chi connectivity index (χ3n) is 11.7. The number of unbranched alkanes of at least 4 members (excludes halogenated alkanes) is 18. The number of hydrogen-bond acceptors (Lipinski definition) is 9. The minimum atomic E-state index is -0.410. The summed E-state index contributed by atoms with van der Waals surface area (Å²) in [7, 11) is 0. The molecule has 62 heavy (non-hydrogen) atoms. The van der Waals surface area contributed by atoms with Gasteiger partial charge in [0.1, 0.15) is 19.8 Å². The van der Waals surface area contributed by atoms with Gasteiger partial charge >= 0.3 is 23.9 Å². The number of ether oxygens (including phenoxy) is 4. The molecule has 0 fully saturated rings. The van der Waals surface area contributed by atoms with Crippen LogP contribution in [-0.4, -0.2) is 74.8 Å². The normalized spacial score (nSPS) is 12.6. The predicted octanol–water partition coefficient (Wildman–Crippen LogP) is 14.0. The van der Waals surface area contributed by atoms with Crippen molar-refractivity contribution in [1.82, 2.24) is 4.90 Å². The Balaban J connectivity index is 4.45. The zero-order chi connectivity index (χ0) is 45.6. The molecule has 0 rings (SSSR count). The van der Waals surface area contributed by atoms with Crippen LogP contribution in [0, 0.1) is 11.8 Å². The smallest absolute Gasteiger partial charge is 0.305 e. The molecule has 0 amide bonds. The first-order valence-corrected chi connectivity index (χ1v) is 25.9. The molecule has 0 aliphatic heterocycles. The van der Waals surface area contributed by atoms with Crippen LogP contribution in [0.25, 0.3) is 0 Å². The highest BCUT2D eigenvalue weighted by Gasteiger charge is 2.18. The lowest BCUT2D eigenvalue weighted by Crippen LogP contribution is -2.26. The summed E-state index contributed by atoms with van der Waals surface area (Å²) >= 11 is 0. The average Bonchev–Trinajstić information content (AvgIpc) is 3.27. The van der Waals surface area contributed by atoms with E-state index in [0.29, 0.717) is 38.2 Å². The maximum Gasteiger partial charge on any atom is 0.305 e. The van der Waals surface area contributed by atoms with Crippen molar-refractivity contribution in [2.24, 2.45) is 11.8 Å². The molecule has 0 heterocycles. The van der Waals surface area contributed by atoms with Gasteiger partial charge in [0, 0.05) is 25.7 Å². The lowest BCUT2D eigenvalue weighted by molar-refractivity contribution is -0.153. The van der Waals surface area contributed by atoms with Gasteiger partial charge in [0.2, 0.25) is 0 Å². The third-order valence-corrected chi connectivity index (χ3v) is 11.7. The summed E-state index contributed by atoms with van der Waals surface area (Å²) < 4.78 is 22.4. The van der Waals surface area contributed by atoms with Gasteiger partial charge in [-0.2, -0.15) is 0 Å². The zero-order valence-electron chi connectivity index (χ0n) is 41.0. The van der Waals surface area contributed by atoms with Crippen molar-refractivity contribution < 1.29 is 38.1 Å². The van der Waals surface area contributed by atoms with Gasteiger partial charge in [-0.3, -0.25) is 19.2 Å². The molecule has 0 aliphatic rings. The van der Waals surface area contributed by atoms with Gasteiger partial charge in [0.15, 0.2) is 0 Å². The van der Waals surface area contributed by atoms with Crippen molar-refractivity contribution in [3.8, 4) is 0 Å². The number of carbonyl (C=O) groups excluding carboxylic acids is 4. The Morgan fingerprint density at radius 1 is 0.387 bits per heavy atom. The summed E-state index contributed by atoms with van der Waals surface area (Å²) in [5, 5.41) is 0. The second-order valence-corrected chi connectivity index (χ2v) is 17.5. The summed E-state index contributed by atoms with van der Waals surface area (Å²) in [5.41, 5.74) is 0. The van der Waals surface area contributed by atoms with Crippen LogP contribution in [-0.2, 0) is 38.1 Å². The van der Waals surface area contributed by atoms with E-state index in [1.807, 2.05) is 0 Å². The van der Waals surface area contributed by atoms with Gasteiger partial charge in [0.05, 0.1) is 12.5 Å². The molecule has 0 N–H and O–H groups in total. The van der Waals surface area contributed by atoms with Crippen molar-refractivity contribution in [2.75, 3.05) is 46.1 Å². The summed E-state index contributed by atoms with van der Waals surface area (Å²) in [6, 6.07) is 0. The van der Waals surface area contributed by atoms with E-state index >= 15 is 0 Å². The average molecular weight is 876 g/mol. The number of esters is 4. The van der Waals surface area contributed by atoms with E-state index in [9.17, 15) is 19.2 Å². The standard InChI is InChI=1S/C53H97NO8/c1-6-11-14-16-17-18-19-20-21-22-23-24-25-28-32-40-51(56)60-45-49(47-62-53(58)42-35-36-43-54(9-4)10-5)46-61-52(57)41-34-30-27-26-29-33-39-50(55)59-44-48(37-13-8-3)38-31-15-12-7-2/h17-18,20-21,48-49H,6-16,19,22-47H2,1-5H3/b18-17-,21-20-. The van der Waals surface area contributed by atoms with E-state index in [1.165, 1.54) is 64.2 Å². The fraction of sp³-hybridized carbons (Fsp3) is 0.849. The molecule has 0 saturated heterocycles. The largest absolute Gasteiger partial charge is 0.465 e. The molecule has 0 aromatic carbocycles. The monoisotopic (exact) mass is 876 g/mol. The van der Waals surface area contributed by atoms with Crippen LogP contribution in [0.4, 0.5) is 0 Å². The number of nitrogens with zero attached hydrogens (tertiary/aromatic N) is 1. The third kappa shape index (κ3) is 41.3. The molecule has 0 bridgehead atoms. The first kappa shape index (κ1) is 59.3. The molecule has 2 unspecified atom stereocenters. The highest BCUT2D eigenvalue weighted by atomic mass is 16.6. The molecule has 0 aliphatic carbocycles. The molecule has 0 radical (unpaired) electrons. The molecule has 0 aromatic heterocycles. The molecule has 9 nitrogen and oxygen atoms in total. The van der Waals surface area contributed by atoms with Crippen LogP contribution in [0.1, 0.15) is 234 Å². The lowest BCUT2D eigenvalue weighted by atomic mass is 9.96. The van der Waals surface area contributed by atoms with E-state index in [0.717, 1.165) is 129 Å². The molecule has 362 valence electrons. The predicted molar refractivity (Wildman–Crippen MR) is 257 cm³/mol. The molecule has 9 heteroatoms. The molecule has 0 aromatic rings. The van der Waals surface area contributed by atoms with E-state index in [2.05, 4.69) is 63.8 Å². The first-order valence-electron chi connectivity index (χ1n) is 25.9. The minimum Gasteiger partial charge on any atom is -0.465 e. The van der Waals surface area contributed by atoms with Crippen molar-refractivity contribution in [3.05, 3.63) is 24.3 Å². The lowest BCUT2D eigenvalue weighted by Gasteiger charge is -2.18. The van der Waals surface area contributed by atoms with E-state index in [-0.39, 0.29) is 43.7 Å². The Bertz CT molecular complexity index is 1100. The molecular formula is C53H97NO8. The van der Waals surface area contributed by atoms with Gasteiger partial charge in [-0.05, 0) is 103 Å². The van der Waals surface area contributed by atoms with E-state index < -0.39 is 5.92 Å². The topological polar surface area (TPSA) is 108 Å². The Kier molecular flexibility index (Phi) is 44.3. The Labute approximate surface area is 381 Å². The molecule has 0 saturated carbocycles. The quantitative estimate of drug-likeness (QED) is 0.0256. The highest BCUT2D eigenvalue weighted by molar-refractivity contribution is 5.70. The van der Waals surface area contributed by atoms with E-state index in [4.69, 9.17) is 18.9 Å².